The average molecular weight is 352 g/mol. The van der Waals surface area contributed by atoms with Gasteiger partial charge in [0, 0.05) is 10.9 Å². The van der Waals surface area contributed by atoms with E-state index in [0.29, 0.717) is 15.8 Å². The van der Waals surface area contributed by atoms with E-state index < -0.39 is 0 Å². The Morgan fingerprint density at radius 1 is 1.04 bits per heavy atom. The van der Waals surface area contributed by atoms with E-state index in [1.165, 1.54) is 22.7 Å². The number of carbonyl (C=O) groups is 1. The van der Waals surface area contributed by atoms with Gasteiger partial charge in [-0.15, -0.1) is 22.7 Å². The number of amides is 1. The summed E-state index contributed by atoms with van der Waals surface area (Å²) in [6, 6.07) is 15.5. The van der Waals surface area contributed by atoms with E-state index in [9.17, 15) is 4.79 Å². The predicted octanol–water partition coefficient (Wildman–Crippen LogP) is 5.38. The van der Waals surface area contributed by atoms with Crippen LogP contribution >= 0.6 is 22.7 Å². The maximum atomic E-state index is 12.6. The van der Waals surface area contributed by atoms with Crippen LogP contribution in [0.4, 0.5) is 5.13 Å². The normalized spacial score (nSPS) is 10.7. The molecule has 0 spiro atoms. The molecule has 1 aromatic carbocycles. The van der Waals surface area contributed by atoms with Gasteiger partial charge in [0.05, 0.1) is 6.26 Å². The van der Waals surface area contributed by atoms with Crippen molar-refractivity contribution in [1.29, 1.82) is 0 Å². The number of hydrogen-bond donors (Lipinski definition) is 1. The third-order valence-electron chi connectivity index (χ3n) is 3.45. The molecule has 1 amide bonds. The molecule has 0 unspecified atom stereocenters. The fourth-order valence-electron chi connectivity index (χ4n) is 2.35. The molecule has 0 saturated heterocycles. The highest BCUT2D eigenvalue weighted by Crippen LogP contribution is 2.30. The summed E-state index contributed by atoms with van der Waals surface area (Å²) in [5.41, 5.74) is 2.68. The van der Waals surface area contributed by atoms with Crippen LogP contribution in [0.25, 0.3) is 22.6 Å². The quantitative estimate of drug-likeness (QED) is 0.536. The van der Waals surface area contributed by atoms with E-state index in [4.69, 9.17) is 4.42 Å². The zero-order valence-corrected chi connectivity index (χ0v) is 14.1. The Bertz CT molecular complexity index is 956. The topological polar surface area (TPSA) is 55.1 Å². The second-order valence-corrected chi connectivity index (χ2v) is 6.77. The molecule has 4 nitrogen and oxygen atoms in total. The second kappa shape index (κ2) is 6.43. The van der Waals surface area contributed by atoms with Crippen LogP contribution in [0, 0.1) is 0 Å². The van der Waals surface area contributed by atoms with Crippen molar-refractivity contribution in [2.45, 2.75) is 0 Å². The number of nitrogens with zero attached hydrogens (tertiary/aromatic N) is 1. The van der Waals surface area contributed by atoms with Crippen LogP contribution in [0.15, 0.2) is 70.0 Å². The fraction of sp³-hybridized carbons (Fsp3) is 0. The SMILES string of the molecule is O=C(Nc1nc(-c2ccco2)cs1)c1sccc1-c1ccccc1. The zero-order valence-electron chi connectivity index (χ0n) is 12.4. The van der Waals surface area contributed by atoms with Gasteiger partial charge in [-0.25, -0.2) is 4.98 Å². The molecule has 0 aliphatic carbocycles. The average Bonchev–Trinajstić information content (AvgIpc) is 3.36. The predicted molar refractivity (Wildman–Crippen MR) is 97.5 cm³/mol. The Morgan fingerprint density at radius 3 is 2.71 bits per heavy atom. The Morgan fingerprint density at radius 2 is 1.92 bits per heavy atom. The van der Waals surface area contributed by atoms with Crippen LogP contribution in [-0.2, 0) is 0 Å². The fourth-order valence-corrected chi connectivity index (χ4v) is 3.86. The van der Waals surface area contributed by atoms with Crippen molar-refractivity contribution in [3.05, 3.63) is 70.4 Å². The van der Waals surface area contributed by atoms with Gasteiger partial charge < -0.3 is 4.42 Å². The van der Waals surface area contributed by atoms with E-state index in [-0.39, 0.29) is 5.91 Å². The molecule has 0 radical (unpaired) electrons. The van der Waals surface area contributed by atoms with E-state index in [2.05, 4.69) is 10.3 Å². The van der Waals surface area contributed by atoms with Gasteiger partial charge in [0.2, 0.25) is 0 Å². The first-order valence-corrected chi connectivity index (χ1v) is 9.01. The van der Waals surface area contributed by atoms with Gasteiger partial charge >= 0.3 is 0 Å². The lowest BCUT2D eigenvalue weighted by molar-refractivity contribution is 0.103. The summed E-state index contributed by atoms with van der Waals surface area (Å²) in [5.74, 6) is 0.539. The van der Waals surface area contributed by atoms with Crippen LogP contribution in [0.1, 0.15) is 9.67 Å². The molecule has 0 saturated carbocycles. The summed E-state index contributed by atoms with van der Waals surface area (Å²) in [4.78, 5) is 17.7. The molecular formula is C18H12N2O2S2. The molecule has 0 bridgehead atoms. The molecule has 118 valence electrons. The van der Waals surface area contributed by atoms with Gasteiger partial charge in [-0.3, -0.25) is 10.1 Å². The van der Waals surface area contributed by atoms with Crippen molar-refractivity contribution in [2.75, 3.05) is 5.32 Å². The van der Waals surface area contributed by atoms with Crippen molar-refractivity contribution < 1.29 is 9.21 Å². The molecule has 0 atom stereocenters. The first kappa shape index (κ1) is 14.9. The standard InChI is InChI=1S/C18H12N2O2S2/c21-17(16-13(8-10-23-16)12-5-2-1-3-6-12)20-18-19-14(11-24-18)15-7-4-9-22-15/h1-11H,(H,19,20,21). The number of anilines is 1. The smallest absolute Gasteiger partial charge is 0.268 e. The zero-order chi connectivity index (χ0) is 16.4. The molecule has 0 aliphatic heterocycles. The number of aromatic nitrogens is 1. The summed E-state index contributed by atoms with van der Waals surface area (Å²) in [7, 11) is 0. The number of furan rings is 1. The molecule has 3 aromatic heterocycles. The molecule has 4 aromatic rings. The van der Waals surface area contributed by atoms with Gasteiger partial charge in [0.15, 0.2) is 10.9 Å². The highest BCUT2D eigenvalue weighted by molar-refractivity contribution is 7.15. The van der Waals surface area contributed by atoms with Crippen molar-refractivity contribution in [2.24, 2.45) is 0 Å². The lowest BCUT2D eigenvalue weighted by atomic mass is 10.1. The lowest BCUT2D eigenvalue weighted by Gasteiger charge is -2.04. The maximum Gasteiger partial charge on any atom is 0.268 e. The van der Waals surface area contributed by atoms with Gasteiger partial charge in [-0.2, -0.15) is 0 Å². The van der Waals surface area contributed by atoms with Crippen LogP contribution in [0.5, 0.6) is 0 Å². The van der Waals surface area contributed by atoms with E-state index >= 15 is 0 Å². The largest absolute Gasteiger partial charge is 0.463 e. The lowest BCUT2D eigenvalue weighted by Crippen LogP contribution is -2.11. The minimum absolute atomic E-state index is 0.149. The third kappa shape index (κ3) is 2.89. The number of rotatable bonds is 4. The van der Waals surface area contributed by atoms with Crippen LogP contribution in [-0.4, -0.2) is 10.9 Å². The summed E-state index contributed by atoms with van der Waals surface area (Å²) >= 11 is 2.80. The van der Waals surface area contributed by atoms with Gasteiger partial charge in [-0.1, -0.05) is 30.3 Å². The van der Waals surface area contributed by atoms with Gasteiger partial charge in [0.25, 0.3) is 5.91 Å². The molecule has 4 rings (SSSR count). The van der Waals surface area contributed by atoms with Crippen molar-refractivity contribution in [1.82, 2.24) is 4.98 Å². The highest BCUT2D eigenvalue weighted by atomic mass is 32.1. The molecule has 6 heteroatoms. The monoisotopic (exact) mass is 352 g/mol. The van der Waals surface area contributed by atoms with Crippen molar-refractivity contribution in [3.8, 4) is 22.6 Å². The van der Waals surface area contributed by atoms with Crippen molar-refractivity contribution in [3.63, 3.8) is 0 Å². The van der Waals surface area contributed by atoms with Gasteiger partial charge in [-0.05, 0) is 29.1 Å². The second-order valence-electron chi connectivity index (χ2n) is 5.00. The molecule has 24 heavy (non-hydrogen) atoms. The Balaban J connectivity index is 1.57. The molecular weight excluding hydrogens is 340 g/mol. The minimum atomic E-state index is -0.149. The Hall–Kier alpha value is -2.70. The highest BCUT2D eigenvalue weighted by Gasteiger charge is 2.16. The molecule has 3 heterocycles. The number of benzene rings is 1. The first-order valence-electron chi connectivity index (χ1n) is 7.25. The molecule has 0 aliphatic rings. The Labute approximate surface area is 146 Å². The third-order valence-corrected chi connectivity index (χ3v) is 5.13. The van der Waals surface area contributed by atoms with E-state index in [1.807, 2.05) is 59.3 Å². The number of thiazole rings is 1. The van der Waals surface area contributed by atoms with E-state index in [1.54, 1.807) is 6.26 Å². The van der Waals surface area contributed by atoms with Crippen LogP contribution in [0.2, 0.25) is 0 Å². The summed E-state index contributed by atoms with van der Waals surface area (Å²) in [5, 5.41) is 7.21. The summed E-state index contributed by atoms with van der Waals surface area (Å²) in [6.45, 7) is 0. The number of thiophene rings is 1. The minimum Gasteiger partial charge on any atom is -0.463 e. The number of nitrogens with one attached hydrogen (secondary N) is 1. The summed E-state index contributed by atoms with van der Waals surface area (Å²) in [6.07, 6.45) is 1.60. The van der Waals surface area contributed by atoms with Gasteiger partial charge in [0.1, 0.15) is 10.6 Å². The van der Waals surface area contributed by atoms with E-state index in [0.717, 1.165) is 16.8 Å². The van der Waals surface area contributed by atoms with Crippen molar-refractivity contribution >= 4 is 33.7 Å². The van der Waals surface area contributed by atoms with Crippen LogP contribution < -0.4 is 5.32 Å². The van der Waals surface area contributed by atoms with Crippen LogP contribution in [0.3, 0.4) is 0 Å². The Kier molecular flexibility index (Phi) is 3.98. The maximum absolute atomic E-state index is 12.6. The number of hydrogen-bond acceptors (Lipinski definition) is 5. The number of carbonyl (C=O) groups excluding carboxylic acids is 1. The molecule has 0 fully saturated rings. The summed E-state index contributed by atoms with van der Waals surface area (Å²) < 4.78 is 5.32. The molecule has 1 N–H and O–H groups in total. The first-order chi connectivity index (χ1) is 11.8.